The highest BCUT2D eigenvalue weighted by molar-refractivity contribution is 7.07. The predicted molar refractivity (Wildman–Crippen MR) is 83.4 cm³/mol. The maximum Gasteiger partial charge on any atom is 0.276 e. The van der Waals surface area contributed by atoms with Crippen LogP contribution in [0.2, 0.25) is 0 Å². The van der Waals surface area contributed by atoms with E-state index in [-0.39, 0.29) is 18.3 Å². The Hall–Kier alpha value is -1.44. The summed E-state index contributed by atoms with van der Waals surface area (Å²) in [5.74, 6) is -0.110. The van der Waals surface area contributed by atoms with Gasteiger partial charge in [0, 0.05) is 31.0 Å². The molecule has 0 spiro atoms. The monoisotopic (exact) mass is 327 g/mol. The van der Waals surface area contributed by atoms with E-state index in [0.29, 0.717) is 12.8 Å². The highest BCUT2D eigenvalue weighted by Gasteiger charge is 2.42. The van der Waals surface area contributed by atoms with Gasteiger partial charge in [-0.3, -0.25) is 9.48 Å². The maximum atomic E-state index is 12.8. The Bertz CT molecular complexity index is 654. The first-order valence-electron chi connectivity index (χ1n) is 6.62. The summed E-state index contributed by atoms with van der Waals surface area (Å²) in [7, 11) is 1.89. The number of rotatable bonds is 2. The van der Waals surface area contributed by atoms with E-state index in [9.17, 15) is 4.79 Å². The van der Waals surface area contributed by atoms with Crippen molar-refractivity contribution >= 4 is 29.7 Å². The van der Waals surface area contributed by atoms with E-state index in [1.54, 1.807) is 10.9 Å². The van der Waals surface area contributed by atoms with Crippen LogP contribution in [0.4, 0.5) is 0 Å². The molecule has 0 aromatic carbocycles. The van der Waals surface area contributed by atoms with Crippen LogP contribution >= 0.6 is 23.7 Å². The van der Waals surface area contributed by atoms with Gasteiger partial charge in [0.2, 0.25) is 0 Å². The second-order valence-electron chi connectivity index (χ2n) is 4.95. The van der Waals surface area contributed by atoms with Crippen LogP contribution in [-0.4, -0.2) is 33.3 Å². The van der Waals surface area contributed by atoms with Crippen LogP contribution in [0.25, 0.3) is 0 Å². The number of piperidine rings is 1. The van der Waals surface area contributed by atoms with E-state index >= 15 is 0 Å². The fourth-order valence-electron chi connectivity index (χ4n) is 2.53. The summed E-state index contributed by atoms with van der Waals surface area (Å²) in [6, 6.07) is 1.85. The molecule has 1 aliphatic rings. The zero-order valence-electron chi connectivity index (χ0n) is 11.7. The molecule has 0 bridgehead atoms. The molecule has 8 heteroatoms. The molecule has 2 aromatic rings. The molecule has 3 heterocycles. The molecule has 1 saturated heterocycles. The van der Waals surface area contributed by atoms with E-state index < -0.39 is 5.54 Å². The number of hydrogen-bond acceptors (Lipinski definition) is 4. The summed E-state index contributed by atoms with van der Waals surface area (Å²) in [4.78, 5) is 17.8. The predicted octanol–water partition coefficient (Wildman–Crippen LogP) is 0.911. The van der Waals surface area contributed by atoms with Gasteiger partial charge in [0.15, 0.2) is 4.80 Å². The molecule has 0 atom stereocenters. The van der Waals surface area contributed by atoms with Gasteiger partial charge in [-0.15, -0.1) is 23.7 Å². The lowest BCUT2D eigenvalue weighted by molar-refractivity contribution is -0.128. The summed E-state index contributed by atoms with van der Waals surface area (Å²) >= 11 is 1.47. The quantitative estimate of drug-likeness (QED) is 0.891. The molecule has 6 nitrogen and oxygen atoms in total. The molecular formula is C13H18ClN5OS. The van der Waals surface area contributed by atoms with Gasteiger partial charge in [0.05, 0.1) is 0 Å². The van der Waals surface area contributed by atoms with E-state index in [1.165, 1.54) is 11.3 Å². The fourth-order valence-corrected chi connectivity index (χ4v) is 3.26. The third-order valence-electron chi connectivity index (χ3n) is 3.73. The largest absolute Gasteiger partial charge is 0.327 e. The number of aromatic nitrogens is 3. The number of nitrogens with one attached hydrogen (secondary N) is 1. The van der Waals surface area contributed by atoms with Crippen molar-refractivity contribution in [3.8, 4) is 0 Å². The number of hydrogen-bond donors (Lipinski definition) is 1. The highest BCUT2D eigenvalue weighted by Crippen LogP contribution is 2.28. The van der Waals surface area contributed by atoms with Gasteiger partial charge in [-0.05, 0) is 32.0 Å². The summed E-state index contributed by atoms with van der Waals surface area (Å²) in [6.07, 6.45) is 6.90. The van der Waals surface area contributed by atoms with Gasteiger partial charge >= 0.3 is 0 Å². The van der Waals surface area contributed by atoms with Crippen molar-refractivity contribution in [2.75, 3.05) is 13.1 Å². The Morgan fingerprint density at radius 1 is 1.43 bits per heavy atom. The number of amides is 1. The normalized spacial score (nSPS) is 18.2. The van der Waals surface area contributed by atoms with Crippen molar-refractivity contribution in [1.82, 2.24) is 19.7 Å². The first kappa shape index (κ1) is 15.9. The lowest BCUT2D eigenvalue weighted by atomic mass is 9.87. The van der Waals surface area contributed by atoms with E-state index in [4.69, 9.17) is 0 Å². The number of carbonyl (C=O) groups excluding carboxylic acids is 1. The second-order valence-corrected chi connectivity index (χ2v) is 5.82. The van der Waals surface area contributed by atoms with E-state index in [0.717, 1.165) is 17.9 Å². The Morgan fingerprint density at radius 2 is 2.19 bits per heavy atom. The first-order chi connectivity index (χ1) is 9.72. The zero-order chi connectivity index (χ0) is 14.0. The minimum Gasteiger partial charge on any atom is -0.327 e. The first-order valence-corrected chi connectivity index (χ1v) is 7.50. The summed E-state index contributed by atoms with van der Waals surface area (Å²) < 4.78 is 3.63. The molecule has 0 aliphatic carbocycles. The van der Waals surface area contributed by atoms with Gasteiger partial charge < -0.3 is 9.88 Å². The van der Waals surface area contributed by atoms with Gasteiger partial charge in [0.1, 0.15) is 5.54 Å². The average Bonchev–Trinajstić information content (AvgIpc) is 3.12. The molecule has 114 valence electrons. The van der Waals surface area contributed by atoms with Crippen LogP contribution in [0.1, 0.15) is 12.8 Å². The minimum absolute atomic E-state index is 0. The molecule has 3 rings (SSSR count). The highest BCUT2D eigenvalue weighted by atomic mass is 35.5. The molecule has 0 radical (unpaired) electrons. The molecule has 1 amide bonds. The molecule has 0 saturated carbocycles. The SMILES string of the molecule is Cl.Cn1ccsc1=NC(=O)C1(n2cccn2)CCNCC1. The number of carbonyl (C=O) groups is 1. The summed E-state index contributed by atoms with van der Waals surface area (Å²) in [5, 5.41) is 9.50. The third kappa shape index (κ3) is 2.95. The zero-order valence-corrected chi connectivity index (χ0v) is 13.4. The van der Waals surface area contributed by atoms with Crippen LogP contribution in [0.5, 0.6) is 0 Å². The Morgan fingerprint density at radius 3 is 2.76 bits per heavy atom. The van der Waals surface area contributed by atoms with Crippen LogP contribution in [0.3, 0.4) is 0 Å². The maximum absolute atomic E-state index is 12.8. The topological polar surface area (TPSA) is 64.2 Å². The van der Waals surface area contributed by atoms with Gasteiger partial charge in [0.25, 0.3) is 5.91 Å². The lowest BCUT2D eigenvalue weighted by Crippen LogP contribution is -2.50. The molecule has 0 unspecified atom stereocenters. The van der Waals surface area contributed by atoms with Crippen molar-refractivity contribution in [2.24, 2.45) is 12.0 Å². The molecule has 1 aliphatic heterocycles. The summed E-state index contributed by atoms with van der Waals surface area (Å²) in [5.41, 5.74) is -0.647. The van der Waals surface area contributed by atoms with Crippen molar-refractivity contribution in [2.45, 2.75) is 18.4 Å². The third-order valence-corrected chi connectivity index (χ3v) is 4.58. The van der Waals surface area contributed by atoms with Crippen molar-refractivity contribution in [3.63, 3.8) is 0 Å². The number of thiazole rings is 1. The molecular weight excluding hydrogens is 310 g/mol. The van der Waals surface area contributed by atoms with Crippen LogP contribution in [-0.2, 0) is 17.4 Å². The second kappa shape index (κ2) is 6.55. The van der Waals surface area contributed by atoms with Gasteiger partial charge in [-0.2, -0.15) is 10.1 Å². The molecule has 1 fully saturated rings. The fraction of sp³-hybridized carbons (Fsp3) is 0.462. The molecule has 2 aromatic heterocycles. The number of aryl methyl sites for hydroxylation is 1. The van der Waals surface area contributed by atoms with Crippen LogP contribution < -0.4 is 10.1 Å². The van der Waals surface area contributed by atoms with Crippen LogP contribution in [0.15, 0.2) is 35.0 Å². The van der Waals surface area contributed by atoms with Crippen LogP contribution in [0, 0.1) is 0 Å². The molecule has 21 heavy (non-hydrogen) atoms. The smallest absolute Gasteiger partial charge is 0.276 e. The standard InChI is InChI=1S/C13H17N5OS.ClH/c1-17-9-10-20-12(17)16-11(19)13(3-6-14-7-4-13)18-8-2-5-15-18;/h2,5,8-10,14H,3-4,6-7H2,1H3;1H. The minimum atomic E-state index is -0.647. The Kier molecular flexibility index (Phi) is 4.97. The average molecular weight is 328 g/mol. The number of nitrogens with zero attached hydrogens (tertiary/aromatic N) is 4. The van der Waals surface area contributed by atoms with Gasteiger partial charge in [-0.1, -0.05) is 0 Å². The van der Waals surface area contributed by atoms with Crippen molar-refractivity contribution in [3.05, 3.63) is 34.8 Å². The summed E-state index contributed by atoms with van der Waals surface area (Å²) in [6.45, 7) is 1.61. The van der Waals surface area contributed by atoms with E-state index in [1.807, 2.05) is 35.5 Å². The van der Waals surface area contributed by atoms with E-state index in [2.05, 4.69) is 15.4 Å². The van der Waals surface area contributed by atoms with Crippen molar-refractivity contribution < 1.29 is 4.79 Å². The Balaban J connectivity index is 0.00000161. The number of halogens is 1. The van der Waals surface area contributed by atoms with Crippen molar-refractivity contribution in [1.29, 1.82) is 0 Å². The van der Waals surface area contributed by atoms with Gasteiger partial charge in [-0.25, -0.2) is 0 Å². The Labute approximate surface area is 132 Å². The lowest BCUT2D eigenvalue weighted by Gasteiger charge is -2.34. The molecule has 1 N–H and O–H groups in total.